The zero-order valence-corrected chi connectivity index (χ0v) is 13.1. The highest BCUT2D eigenvalue weighted by molar-refractivity contribution is 5.96. The first-order chi connectivity index (χ1) is 10.5. The van der Waals surface area contributed by atoms with Gasteiger partial charge in [0.05, 0.1) is 20.8 Å². The second kappa shape index (κ2) is 7.13. The van der Waals surface area contributed by atoms with Crippen molar-refractivity contribution in [1.82, 2.24) is 15.1 Å². The molecular formula is C15H21N3O4. The molecule has 1 saturated heterocycles. The minimum Gasteiger partial charge on any atom is -0.497 e. The van der Waals surface area contributed by atoms with Crippen LogP contribution in [0, 0.1) is 0 Å². The summed E-state index contributed by atoms with van der Waals surface area (Å²) in [6, 6.07) is 5.24. The highest BCUT2D eigenvalue weighted by Gasteiger charge is 2.26. The summed E-state index contributed by atoms with van der Waals surface area (Å²) in [5.74, 6) is 1.22. The van der Waals surface area contributed by atoms with Crippen molar-refractivity contribution in [3.8, 4) is 11.5 Å². The number of carbonyl (C=O) groups excluding carboxylic acids is 2. The van der Waals surface area contributed by atoms with E-state index in [-0.39, 0.29) is 18.5 Å². The van der Waals surface area contributed by atoms with Crippen molar-refractivity contribution in [3.63, 3.8) is 0 Å². The minimum absolute atomic E-state index is 0.169. The van der Waals surface area contributed by atoms with E-state index in [1.54, 1.807) is 20.3 Å². The first-order valence-electron chi connectivity index (χ1n) is 7.02. The third kappa shape index (κ3) is 3.67. The lowest BCUT2D eigenvalue weighted by Gasteiger charge is -2.20. The van der Waals surface area contributed by atoms with Crippen LogP contribution in [-0.4, -0.2) is 62.6 Å². The Morgan fingerprint density at radius 3 is 2.73 bits per heavy atom. The fraction of sp³-hybridized carbons (Fsp3) is 0.467. The molecule has 1 heterocycles. The monoisotopic (exact) mass is 307 g/mol. The number of urea groups is 1. The lowest BCUT2D eigenvalue weighted by atomic mass is 10.2. The second-order valence-corrected chi connectivity index (χ2v) is 5.13. The van der Waals surface area contributed by atoms with Crippen LogP contribution in [0.15, 0.2) is 18.2 Å². The molecule has 120 valence electrons. The molecule has 0 aliphatic carbocycles. The second-order valence-electron chi connectivity index (χ2n) is 5.13. The maximum atomic E-state index is 12.1. The van der Waals surface area contributed by atoms with E-state index in [9.17, 15) is 9.59 Å². The van der Waals surface area contributed by atoms with Crippen LogP contribution in [-0.2, 0) is 11.3 Å². The number of hydrogen-bond acceptors (Lipinski definition) is 5. The molecule has 0 spiro atoms. The summed E-state index contributed by atoms with van der Waals surface area (Å²) in [4.78, 5) is 26.6. The average Bonchev–Trinajstić information content (AvgIpc) is 2.93. The van der Waals surface area contributed by atoms with E-state index in [0.29, 0.717) is 31.1 Å². The van der Waals surface area contributed by atoms with E-state index in [4.69, 9.17) is 9.47 Å². The molecule has 0 unspecified atom stereocenters. The number of ether oxygens (including phenoxy) is 2. The number of methoxy groups -OCH3 is 2. The number of nitrogens with zero attached hydrogens (tertiary/aromatic N) is 2. The Kier molecular flexibility index (Phi) is 5.21. The summed E-state index contributed by atoms with van der Waals surface area (Å²) in [7, 11) is 5.02. The molecule has 3 amide bonds. The predicted octanol–water partition coefficient (Wildman–Crippen LogP) is 0.687. The van der Waals surface area contributed by atoms with Gasteiger partial charge < -0.3 is 14.8 Å². The van der Waals surface area contributed by atoms with Crippen LogP contribution in [0.25, 0.3) is 0 Å². The lowest BCUT2D eigenvalue weighted by Crippen LogP contribution is -2.40. The first-order valence-corrected chi connectivity index (χ1v) is 7.02. The molecule has 0 atom stereocenters. The highest BCUT2D eigenvalue weighted by Crippen LogP contribution is 2.25. The van der Waals surface area contributed by atoms with Crippen LogP contribution >= 0.6 is 0 Å². The van der Waals surface area contributed by atoms with Crippen molar-refractivity contribution in [1.29, 1.82) is 0 Å². The van der Waals surface area contributed by atoms with E-state index in [1.807, 2.05) is 24.1 Å². The average molecular weight is 307 g/mol. The van der Waals surface area contributed by atoms with Gasteiger partial charge in [-0.1, -0.05) is 6.07 Å². The van der Waals surface area contributed by atoms with Crippen LogP contribution in [0.1, 0.15) is 5.56 Å². The van der Waals surface area contributed by atoms with Gasteiger partial charge >= 0.3 is 6.03 Å². The standard InChI is InChI=1S/C15H21N3O4/c1-17(10-14(19)18-7-6-16-15(18)20)9-11-4-5-12(21-2)8-13(11)22-3/h4-5,8H,6-7,9-10H2,1-3H3,(H,16,20). The fourth-order valence-electron chi connectivity index (χ4n) is 2.36. The van der Waals surface area contributed by atoms with Crippen LogP contribution in [0.4, 0.5) is 4.79 Å². The third-order valence-corrected chi connectivity index (χ3v) is 3.50. The molecule has 7 nitrogen and oxygen atoms in total. The zero-order valence-electron chi connectivity index (χ0n) is 13.1. The Labute approximate surface area is 129 Å². The summed E-state index contributed by atoms with van der Waals surface area (Å²) in [6.45, 7) is 1.65. The number of benzene rings is 1. The van der Waals surface area contributed by atoms with Gasteiger partial charge in [-0.3, -0.25) is 14.6 Å². The van der Waals surface area contributed by atoms with Crippen LogP contribution in [0.2, 0.25) is 0 Å². The SMILES string of the molecule is COc1ccc(CN(C)CC(=O)N2CCNC2=O)c(OC)c1. The smallest absolute Gasteiger partial charge is 0.324 e. The van der Waals surface area contributed by atoms with E-state index in [2.05, 4.69) is 5.32 Å². The number of hydrogen-bond donors (Lipinski definition) is 1. The maximum Gasteiger partial charge on any atom is 0.324 e. The molecule has 1 N–H and O–H groups in total. The van der Waals surface area contributed by atoms with E-state index >= 15 is 0 Å². The Bertz CT molecular complexity index is 562. The molecular weight excluding hydrogens is 286 g/mol. The van der Waals surface area contributed by atoms with Gasteiger partial charge in [-0.25, -0.2) is 4.79 Å². The molecule has 0 saturated carbocycles. The maximum absolute atomic E-state index is 12.1. The number of carbonyl (C=O) groups is 2. The summed E-state index contributed by atoms with van der Waals surface area (Å²) in [5.41, 5.74) is 0.949. The van der Waals surface area contributed by atoms with Crippen molar-refractivity contribution < 1.29 is 19.1 Å². The topological polar surface area (TPSA) is 71.1 Å². The molecule has 1 fully saturated rings. The molecule has 0 bridgehead atoms. The van der Waals surface area contributed by atoms with E-state index in [0.717, 1.165) is 5.56 Å². The van der Waals surface area contributed by atoms with Gasteiger partial charge in [-0.2, -0.15) is 0 Å². The Morgan fingerprint density at radius 1 is 1.36 bits per heavy atom. The van der Waals surface area contributed by atoms with Gasteiger partial charge in [-0.15, -0.1) is 0 Å². The zero-order chi connectivity index (χ0) is 16.1. The molecule has 1 aliphatic heterocycles. The summed E-state index contributed by atoms with van der Waals surface area (Å²) >= 11 is 0. The quantitative estimate of drug-likeness (QED) is 0.837. The number of rotatable bonds is 6. The molecule has 1 aromatic carbocycles. The number of imide groups is 1. The largest absolute Gasteiger partial charge is 0.497 e. The van der Waals surface area contributed by atoms with E-state index < -0.39 is 0 Å². The van der Waals surface area contributed by atoms with Gasteiger partial charge in [-0.05, 0) is 13.1 Å². The third-order valence-electron chi connectivity index (χ3n) is 3.50. The Hall–Kier alpha value is -2.28. The normalized spacial score (nSPS) is 14.2. The van der Waals surface area contributed by atoms with Crippen molar-refractivity contribution in [2.75, 3.05) is 40.9 Å². The molecule has 7 heteroatoms. The Morgan fingerprint density at radius 2 is 2.14 bits per heavy atom. The van der Waals surface area contributed by atoms with Crippen molar-refractivity contribution in [2.24, 2.45) is 0 Å². The summed E-state index contributed by atoms with van der Waals surface area (Å²) < 4.78 is 10.5. The first kappa shape index (κ1) is 16.1. The van der Waals surface area contributed by atoms with Gasteiger partial charge in [0.15, 0.2) is 0 Å². The van der Waals surface area contributed by atoms with Crippen LogP contribution < -0.4 is 14.8 Å². The Balaban J connectivity index is 1.98. The van der Waals surface area contributed by atoms with E-state index in [1.165, 1.54) is 4.90 Å². The molecule has 1 aliphatic rings. The molecule has 2 rings (SSSR count). The molecule has 1 aromatic rings. The lowest BCUT2D eigenvalue weighted by molar-refractivity contribution is -0.128. The summed E-state index contributed by atoms with van der Waals surface area (Å²) in [6.07, 6.45) is 0. The van der Waals surface area contributed by atoms with Gasteiger partial charge in [0.2, 0.25) is 5.91 Å². The van der Waals surface area contributed by atoms with Crippen molar-refractivity contribution >= 4 is 11.9 Å². The van der Waals surface area contributed by atoms with Crippen LogP contribution in [0.5, 0.6) is 11.5 Å². The minimum atomic E-state index is -0.319. The number of likely N-dealkylation sites (N-methyl/N-ethyl adjacent to an activating group) is 1. The van der Waals surface area contributed by atoms with Crippen LogP contribution in [0.3, 0.4) is 0 Å². The fourth-order valence-corrected chi connectivity index (χ4v) is 2.36. The van der Waals surface area contributed by atoms with Gasteiger partial charge in [0.25, 0.3) is 0 Å². The molecule has 22 heavy (non-hydrogen) atoms. The van der Waals surface area contributed by atoms with Crippen molar-refractivity contribution in [3.05, 3.63) is 23.8 Å². The van der Waals surface area contributed by atoms with Gasteiger partial charge in [0.1, 0.15) is 11.5 Å². The predicted molar refractivity (Wildman–Crippen MR) is 81.0 cm³/mol. The van der Waals surface area contributed by atoms with Gasteiger partial charge in [0, 0.05) is 31.3 Å². The molecule has 0 aromatic heterocycles. The number of amides is 3. The summed E-state index contributed by atoms with van der Waals surface area (Å²) in [5, 5.41) is 2.62. The highest BCUT2D eigenvalue weighted by atomic mass is 16.5. The number of nitrogens with one attached hydrogen (secondary N) is 1. The molecule has 0 radical (unpaired) electrons. The van der Waals surface area contributed by atoms with Crippen molar-refractivity contribution in [2.45, 2.75) is 6.54 Å².